The predicted molar refractivity (Wildman–Crippen MR) is 84.3 cm³/mol. The Kier molecular flexibility index (Phi) is 3.75. The van der Waals surface area contributed by atoms with Gasteiger partial charge in [-0.2, -0.15) is 0 Å². The van der Waals surface area contributed by atoms with Gasteiger partial charge in [-0.25, -0.2) is 9.97 Å². The van der Waals surface area contributed by atoms with Crippen LogP contribution in [0, 0.1) is 0 Å². The van der Waals surface area contributed by atoms with Gasteiger partial charge in [0.1, 0.15) is 11.6 Å². The number of hydrogen-bond acceptors (Lipinski definition) is 5. The number of rotatable bonds is 5. The summed E-state index contributed by atoms with van der Waals surface area (Å²) in [6.45, 7) is 0.132. The van der Waals surface area contributed by atoms with Crippen LogP contribution in [0.1, 0.15) is 19.3 Å². The monoisotopic (exact) mass is 284 g/mol. The Morgan fingerprint density at radius 1 is 1.14 bits per heavy atom. The summed E-state index contributed by atoms with van der Waals surface area (Å²) in [5, 5.41) is 16.0. The Balaban J connectivity index is 1.94. The molecule has 0 atom stereocenters. The number of benzene rings is 1. The molecule has 0 amide bonds. The predicted octanol–water partition coefficient (Wildman–Crippen LogP) is 2.51. The maximum absolute atomic E-state index is 9.59. The van der Waals surface area contributed by atoms with Crippen LogP contribution in [0.4, 0.5) is 11.6 Å². The fraction of sp³-hybridized carbons (Fsp3) is 0.375. The van der Waals surface area contributed by atoms with E-state index in [4.69, 9.17) is 0 Å². The van der Waals surface area contributed by atoms with Crippen LogP contribution >= 0.6 is 0 Å². The second-order valence-electron chi connectivity index (χ2n) is 5.50. The van der Waals surface area contributed by atoms with Crippen molar-refractivity contribution in [1.29, 1.82) is 0 Å². The van der Waals surface area contributed by atoms with Crippen LogP contribution in [0.3, 0.4) is 0 Å². The van der Waals surface area contributed by atoms with Crippen LogP contribution in [0.15, 0.2) is 36.4 Å². The lowest BCUT2D eigenvalue weighted by molar-refractivity contribution is 0.144. The lowest BCUT2D eigenvalue weighted by Crippen LogP contribution is -2.48. The molecule has 0 unspecified atom stereocenters. The lowest BCUT2D eigenvalue weighted by Gasteiger charge is -2.41. The minimum Gasteiger partial charge on any atom is -0.394 e. The van der Waals surface area contributed by atoms with E-state index >= 15 is 0 Å². The van der Waals surface area contributed by atoms with Crippen LogP contribution < -0.4 is 10.6 Å². The molecule has 1 aliphatic rings. The van der Waals surface area contributed by atoms with Crippen molar-refractivity contribution < 1.29 is 5.11 Å². The van der Waals surface area contributed by atoms with Gasteiger partial charge in [-0.3, -0.25) is 0 Å². The maximum atomic E-state index is 9.59. The molecule has 0 aliphatic heterocycles. The van der Waals surface area contributed by atoms with Gasteiger partial charge in [-0.1, -0.05) is 30.3 Å². The maximum Gasteiger partial charge on any atom is 0.163 e. The van der Waals surface area contributed by atoms with Crippen LogP contribution in [-0.4, -0.2) is 34.3 Å². The summed E-state index contributed by atoms with van der Waals surface area (Å²) in [7, 11) is 1.84. The fourth-order valence-corrected chi connectivity index (χ4v) is 2.55. The van der Waals surface area contributed by atoms with E-state index in [1.807, 2.05) is 43.4 Å². The topological polar surface area (TPSA) is 70.1 Å². The first kappa shape index (κ1) is 13.8. The summed E-state index contributed by atoms with van der Waals surface area (Å²) in [6.07, 6.45) is 3.09. The minimum absolute atomic E-state index is 0.132. The highest BCUT2D eigenvalue weighted by Crippen LogP contribution is 2.35. The molecule has 3 rings (SSSR count). The van der Waals surface area contributed by atoms with Crippen molar-refractivity contribution in [2.24, 2.45) is 0 Å². The summed E-state index contributed by atoms with van der Waals surface area (Å²) < 4.78 is 0. The van der Waals surface area contributed by atoms with Gasteiger partial charge in [-0.05, 0) is 19.3 Å². The average Bonchev–Trinajstić information content (AvgIpc) is 2.51. The summed E-state index contributed by atoms with van der Waals surface area (Å²) >= 11 is 0. The van der Waals surface area contributed by atoms with Gasteiger partial charge in [0.2, 0.25) is 0 Å². The zero-order valence-electron chi connectivity index (χ0n) is 12.1. The number of aliphatic hydroxyl groups excluding tert-OH is 1. The Morgan fingerprint density at radius 3 is 2.43 bits per heavy atom. The van der Waals surface area contributed by atoms with Crippen molar-refractivity contribution >= 4 is 11.6 Å². The summed E-state index contributed by atoms with van der Waals surface area (Å²) in [5.41, 5.74) is 0.761. The van der Waals surface area contributed by atoms with Crippen molar-refractivity contribution in [3.8, 4) is 11.4 Å². The highest BCUT2D eigenvalue weighted by Gasteiger charge is 2.36. The normalized spacial score (nSPS) is 16.1. The quantitative estimate of drug-likeness (QED) is 0.787. The first-order chi connectivity index (χ1) is 10.2. The third-order valence-corrected chi connectivity index (χ3v) is 4.02. The van der Waals surface area contributed by atoms with Crippen molar-refractivity contribution in [3.63, 3.8) is 0 Å². The fourth-order valence-electron chi connectivity index (χ4n) is 2.55. The van der Waals surface area contributed by atoms with Gasteiger partial charge in [0.05, 0.1) is 12.1 Å². The molecular weight excluding hydrogens is 264 g/mol. The molecule has 1 heterocycles. The van der Waals surface area contributed by atoms with Crippen LogP contribution in [0.5, 0.6) is 0 Å². The van der Waals surface area contributed by atoms with E-state index in [9.17, 15) is 5.11 Å². The lowest BCUT2D eigenvalue weighted by atomic mass is 9.77. The number of hydrogen-bond donors (Lipinski definition) is 3. The van der Waals surface area contributed by atoms with Crippen LogP contribution in [0.25, 0.3) is 11.4 Å². The van der Waals surface area contributed by atoms with Crippen LogP contribution in [-0.2, 0) is 0 Å². The van der Waals surface area contributed by atoms with Crippen molar-refractivity contribution in [1.82, 2.24) is 9.97 Å². The molecule has 1 fully saturated rings. The minimum atomic E-state index is -0.215. The smallest absolute Gasteiger partial charge is 0.163 e. The first-order valence-electron chi connectivity index (χ1n) is 7.26. The molecule has 0 saturated heterocycles. The average molecular weight is 284 g/mol. The first-order valence-corrected chi connectivity index (χ1v) is 7.26. The van der Waals surface area contributed by atoms with E-state index in [1.165, 1.54) is 0 Å². The molecule has 1 saturated carbocycles. The van der Waals surface area contributed by atoms with Gasteiger partial charge in [0.25, 0.3) is 0 Å². The van der Waals surface area contributed by atoms with E-state index in [0.717, 1.165) is 36.5 Å². The van der Waals surface area contributed by atoms with E-state index in [1.54, 1.807) is 0 Å². The second-order valence-corrected chi connectivity index (χ2v) is 5.50. The van der Waals surface area contributed by atoms with Gasteiger partial charge >= 0.3 is 0 Å². The van der Waals surface area contributed by atoms with E-state index in [-0.39, 0.29) is 12.1 Å². The number of anilines is 2. The van der Waals surface area contributed by atoms with Gasteiger partial charge in [0.15, 0.2) is 5.82 Å². The number of aliphatic hydroxyl groups is 1. The third kappa shape index (κ3) is 2.83. The molecule has 0 bridgehead atoms. The second kappa shape index (κ2) is 5.69. The van der Waals surface area contributed by atoms with E-state index in [2.05, 4.69) is 20.6 Å². The number of aromatic nitrogens is 2. The molecule has 0 spiro atoms. The zero-order chi connectivity index (χ0) is 14.7. The molecule has 1 aromatic carbocycles. The molecule has 1 aliphatic carbocycles. The van der Waals surface area contributed by atoms with Gasteiger partial charge in [-0.15, -0.1) is 0 Å². The Labute approximate surface area is 124 Å². The van der Waals surface area contributed by atoms with Crippen molar-refractivity contribution in [2.75, 3.05) is 24.3 Å². The van der Waals surface area contributed by atoms with E-state index in [0.29, 0.717) is 5.82 Å². The molecule has 0 radical (unpaired) electrons. The molecular formula is C16H20N4O. The molecule has 5 heteroatoms. The summed E-state index contributed by atoms with van der Waals surface area (Å²) in [6, 6.07) is 11.8. The Hall–Kier alpha value is -2.14. The van der Waals surface area contributed by atoms with E-state index < -0.39 is 0 Å². The molecule has 5 nitrogen and oxygen atoms in total. The van der Waals surface area contributed by atoms with Gasteiger partial charge < -0.3 is 15.7 Å². The molecule has 110 valence electrons. The standard InChI is InChI=1S/C16H20N4O/c1-17-13-10-14(20-16(11-21)8-5-9-16)19-15(18-13)12-6-3-2-4-7-12/h2-4,6-7,10,21H,5,8-9,11H2,1H3,(H2,17,18,19,20). The van der Waals surface area contributed by atoms with Crippen molar-refractivity contribution in [2.45, 2.75) is 24.8 Å². The molecule has 21 heavy (non-hydrogen) atoms. The highest BCUT2D eigenvalue weighted by atomic mass is 16.3. The molecule has 1 aromatic heterocycles. The molecule has 2 aromatic rings. The number of nitrogens with zero attached hydrogens (tertiary/aromatic N) is 2. The summed E-state index contributed by atoms with van der Waals surface area (Å²) in [4.78, 5) is 9.09. The molecule has 3 N–H and O–H groups in total. The zero-order valence-corrected chi connectivity index (χ0v) is 12.1. The van der Waals surface area contributed by atoms with Crippen LogP contribution in [0.2, 0.25) is 0 Å². The Bertz CT molecular complexity index is 605. The Morgan fingerprint density at radius 2 is 1.86 bits per heavy atom. The number of nitrogens with one attached hydrogen (secondary N) is 2. The largest absolute Gasteiger partial charge is 0.394 e. The van der Waals surface area contributed by atoms with Gasteiger partial charge in [0, 0.05) is 18.7 Å². The summed E-state index contributed by atoms with van der Waals surface area (Å²) in [5.74, 6) is 2.19. The SMILES string of the molecule is CNc1cc(NC2(CO)CCC2)nc(-c2ccccc2)n1. The van der Waals surface area contributed by atoms with Crippen molar-refractivity contribution in [3.05, 3.63) is 36.4 Å². The third-order valence-electron chi connectivity index (χ3n) is 4.02. The highest BCUT2D eigenvalue weighted by molar-refractivity contribution is 5.61.